The molecule has 0 aliphatic carbocycles. The Bertz CT molecular complexity index is 387. The van der Waals surface area contributed by atoms with Gasteiger partial charge in [-0.1, -0.05) is 11.8 Å². The lowest BCUT2D eigenvalue weighted by Gasteiger charge is -2.00. The summed E-state index contributed by atoms with van der Waals surface area (Å²) in [5.74, 6) is 0.382. The fraction of sp³-hybridized carbons (Fsp3) is 0.600. The number of carbonyl (C=O) groups is 1. The summed E-state index contributed by atoms with van der Waals surface area (Å²) in [5.41, 5.74) is 2.28. The SMILES string of the molecule is Cc1c(CCCC(=O)O)nc2n1CCS2. The van der Waals surface area contributed by atoms with Crippen molar-refractivity contribution in [3.8, 4) is 0 Å². The number of carboxylic acids is 1. The Labute approximate surface area is 92.7 Å². The number of fused-ring (bicyclic) bond motifs is 1. The molecule has 2 heterocycles. The lowest BCUT2D eigenvalue weighted by molar-refractivity contribution is -0.137. The summed E-state index contributed by atoms with van der Waals surface area (Å²) < 4.78 is 2.22. The third-order valence-corrected chi connectivity index (χ3v) is 3.59. The summed E-state index contributed by atoms with van der Waals surface area (Å²) in [4.78, 5) is 14.9. The van der Waals surface area contributed by atoms with E-state index in [9.17, 15) is 4.79 Å². The molecular weight excluding hydrogens is 212 g/mol. The van der Waals surface area contributed by atoms with E-state index in [2.05, 4.69) is 16.5 Å². The number of hydrogen-bond donors (Lipinski definition) is 1. The van der Waals surface area contributed by atoms with Gasteiger partial charge in [0, 0.05) is 24.4 Å². The standard InChI is InChI=1S/C10H14N2O2S/c1-7-8(3-2-4-9(13)14)11-10-12(7)5-6-15-10/h2-6H2,1H3,(H,13,14). The molecule has 0 atom stereocenters. The van der Waals surface area contributed by atoms with Crippen molar-refractivity contribution in [3.63, 3.8) is 0 Å². The largest absolute Gasteiger partial charge is 0.481 e. The molecule has 2 rings (SSSR count). The first kappa shape index (κ1) is 10.5. The van der Waals surface area contributed by atoms with E-state index >= 15 is 0 Å². The number of hydrogen-bond acceptors (Lipinski definition) is 3. The van der Waals surface area contributed by atoms with E-state index in [0.717, 1.165) is 29.6 Å². The first-order chi connectivity index (χ1) is 7.18. The van der Waals surface area contributed by atoms with Gasteiger partial charge >= 0.3 is 5.97 Å². The molecule has 0 spiro atoms. The lowest BCUT2D eigenvalue weighted by Crippen LogP contribution is -2.00. The minimum Gasteiger partial charge on any atom is -0.481 e. The van der Waals surface area contributed by atoms with Crippen LogP contribution < -0.4 is 0 Å². The fourth-order valence-corrected chi connectivity index (χ4v) is 2.82. The lowest BCUT2D eigenvalue weighted by atomic mass is 10.1. The van der Waals surface area contributed by atoms with Crippen molar-refractivity contribution in [3.05, 3.63) is 11.4 Å². The fourth-order valence-electron chi connectivity index (χ4n) is 1.80. The Morgan fingerprint density at radius 3 is 3.13 bits per heavy atom. The molecule has 1 N–H and O–H groups in total. The maximum absolute atomic E-state index is 10.4. The number of rotatable bonds is 4. The Balaban J connectivity index is 2.00. The van der Waals surface area contributed by atoms with Crippen LogP contribution in [0.2, 0.25) is 0 Å². The Morgan fingerprint density at radius 1 is 1.67 bits per heavy atom. The highest BCUT2D eigenvalue weighted by Crippen LogP contribution is 2.28. The number of nitrogens with zero attached hydrogens (tertiary/aromatic N) is 2. The number of aliphatic carboxylic acids is 1. The van der Waals surface area contributed by atoms with Gasteiger partial charge in [0.1, 0.15) is 0 Å². The van der Waals surface area contributed by atoms with Crippen molar-refractivity contribution in [2.75, 3.05) is 5.75 Å². The van der Waals surface area contributed by atoms with Gasteiger partial charge in [-0.25, -0.2) is 4.98 Å². The molecule has 1 aliphatic rings. The van der Waals surface area contributed by atoms with Gasteiger partial charge in [-0.3, -0.25) is 4.79 Å². The van der Waals surface area contributed by atoms with Crippen LogP contribution in [-0.2, 0) is 17.8 Å². The molecule has 5 heteroatoms. The van der Waals surface area contributed by atoms with E-state index in [4.69, 9.17) is 5.11 Å². The quantitative estimate of drug-likeness (QED) is 0.849. The van der Waals surface area contributed by atoms with Gasteiger partial charge in [-0.2, -0.15) is 0 Å². The van der Waals surface area contributed by atoms with E-state index in [0.29, 0.717) is 6.42 Å². The Hall–Kier alpha value is -0.970. The van der Waals surface area contributed by atoms with Crippen LogP contribution in [0.5, 0.6) is 0 Å². The smallest absolute Gasteiger partial charge is 0.303 e. The molecule has 0 amide bonds. The number of imidazole rings is 1. The molecule has 0 saturated carbocycles. The average molecular weight is 226 g/mol. The highest BCUT2D eigenvalue weighted by atomic mass is 32.2. The highest BCUT2D eigenvalue weighted by Gasteiger charge is 2.18. The number of aromatic nitrogens is 2. The number of carboxylic acid groups (broad SMARTS) is 1. The molecule has 82 valence electrons. The zero-order valence-electron chi connectivity index (χ0n) is 8.69. The first-order valence-electron chi connectivity index (χ1n) is 5.09. The summed E-state index contributed by atoms with van der Waals surface area (Å²) in [6.07, 6.45) is 1.69. The van der Waals surface area contributed by atoms with Gasteiger partial charge < -0.3 is 9.67 Å². The molecule has 0 aromatic carbocycles. The molecule has 0 saturated heterocycles. The second kappa shape index (κ2) is 4.26. The van der Waals surface area contributed by atoms with E-state index in [-0.39, 0.29) is 6.42 Å². The summed E-state index contributed by atoms with van der Waals surface area (Å²) in [7, 11) is 0. The van der Waals surface area contributed by atoms with Crippen molar-refractivity contribution in [2.45, 2.75) is 37.9 Å². The zero-order valence-corrected chi connectivity index (χ0v) is 9.51. The monoisotopic (exact) mass is 226 g/mol. The van der Waals surface area contributed by atoms with Crippen LogP contribution in [0.3, 0.4) is 0 Å². The molecule has 1 aliphatic heterocycles. The van der Waals surface area contributed by atoms with Gasteiger partial charge in [0.25, 0.3) is 0 Å². The van der Waals surface area contributed by atoms with Crippen LogP contribution in [0.15, 0.2) is 5.16 Å². The van der Waals surface area contributed by atoms with Crippen molar-refractivity contribution in [1.29, 1.82) is 0 Å². The predicted molar refractivity (Wildman–Crippen MR) is 58.3 cm³/mol. The van der Waals surface area contributed by atoms with Gasteiger partial charge in [0.2, 0.25) is 0 Å². The van der Waals surface area contributed by atoms with Crippen LogP contribution in [-0.4, -0.2) is 26.4 Å². The molecular formula is C10H14N2O2S. The Kier molecular flexibility index (Phi) is 3.00. The topological polar surface area (TPSA) is 55.1 Å². The summed E-state index contributed by atoms with van der Waals surface area (Å²) in [6.45, 7) is 3.11. The second-order valence-corrected chi connectivity index (χ2v) is 4.74. The third kappa shape index (κ3) is 2.17. The molecule has 1 aromatic heterocycles. The van der Waals surface area contributed by atoms with Crippen LogP contribution in [0.25, 0.3) is 0 Å². The summed E-state index contributed by atoms with van der Waals surface area (Å²) in [5, 5.41) is 9.64. The van der Waals surface area contributed by atoms with Crippen LogP contribution in [0.4, 0.5) is 0 Å². The molecule has 0 bridgehead atoms. The number of aryl methyl sites for hydroxylation is 1. The van der Waals surface area contributed by atoms with E-state index in [1.807, 2.05) is 0 Å². The van der Waals surface area contributed by atoms with Crippen LogP contribution in [0.1, 0.15) is 24.2 Å². The van der Waals surface area contributed by atoms with Gasteiger partial charge in [-0.15, -0.1) is 0 Å². The summed E-state index contributed by atoms with van der Waals surface area (Å²) in [6, 6.07) is 0. The molecule has 0 unspecified atom stereocenters. The van der Waals surface area contributed by atoms with Gasteiger partial charge in [0.05, 0.1) is 5.69 Å². The van der Waals surface area contributed by atoms with E-state index in [1.54, 1.807) is 11.8 Å². The predicted octanol–water partition coefficient (Wildman–Crippen LogP) is 1.70. The molecule has 4 nitrogen and oxygen atoms in total. The zero-order chi connectivity index (χ0) is 10.8. The van der Waals surface area contributed by atoms with E-state index < -0.39 is 5.97 Å². The van der Waals surface area contributed by atoms with Crippen molar-refractivity contribution < 1.29 is 9.90 Å². The van der Waals surface area contributed by atoms with E-state index in [1.165, 1.54) is 5.69 Å². The highest BCUT2D eigenvalue weighted by molar-refractivity contribution is 7.99. The van der Waals surface area contributed by atoms with Gasteiger partial charge in [-0.05, 0) is 19.8 Å². The molecule has 0 radical (unpaired) electrons. The molecule has 0 fully saturated rings. The first-order valence-corrected chi connectivity index (χ1v) is 6.07. The van der Waals surface area contributed by atoms with Crippen LogP contribution >= 0.6 is 11.8 Å². The molecule has 15 heavy (non-hydrogen) atoms. The van der Waals surface area contributed by atoms with Crippen molar-refractivity contribution in [1.82, 2.24) is 9.55 Å². The maximum atomic E-state index is 10.4. The average Bonchev–Trinajstić information content (AvgIpc) is 2.71. The minimum atomic E-state index is -0.728. The second-order valence-electron chi connectivity index (χ2n) is 3.67. The summed E-state index contributed by atoms with van der Waals surface area (Å²) >= 11 is 1.78. The molecule has 1 aromatic rings. The normalized spacial score (nSPS) is 14.2. The van der Waals surface area contributed by atoms with Crippen molar-refractivity contribution >= 4 is 17.7 Å². The number of thioether (sulfide) groups is 1. The van der Waals surface area contributed by atoms with Gasteiger partial charge in [0.15, 0.2) is 5.16 Å². The third-order valence-electron chi connectivity index (χ3n) is 2.63. The minimum absolute atomic E-state index is 0.231. The Morgan fingerprint density at radius 2 is 2.47 bits per heavy atom. The van der Waals surface area contributed by atoms with Crippen LogP contribution in [0, 0.1) is 6.92 Å². The maximum Gasteiger partial charge on any atom is 0.303 e. The van der Waals surface area contributed by atoms with Crippen molar-refractivity contribution in [2.24, 2.45) is 0 Å².